The molecule has 0 atom stereocenters. The second-order valence-electron chi connectivity index (χ2n) is 5.95. The fraction of sp³-hybridized carbons (Fsp3) is 0.300. The third-order valence-electron chi connectivity index (χ3n) is 4.08. The van der Waals surface area contributed by atoms with E-state index >= 15 is 0 Å². The van der Waals surface area contributed by atoms with E-state index in [4.69, 9.17) is 18.7 Å². The van der Waals surface area contributed by atoms with Crippen LogP contribution in [0.3, 0.4) is 0 Å². The Labute approximate surface area is 151 Å². The van der Waals surface area contributed by atoms with Crippen LogP contribution in [0.15, 0.2) is 59.1 Å². The van der Waals surface area contributed by atoms with E-state index < -0.39 is 0 Å². The molecule has 1 fully saturated rings. The van der Waals surface area contributed by atoms with Crippen molar-refractivity contribution < 1.29 is 18.7 Å². The van der Waals surface area contributed by atoms with E-state index in [1.54, 1.807) is 0 Å². The molecule has 1 aliphatic heterocycles. The molecule has 26 heavy (non-hydrogen) atoms. The summed E-state index contributed by atoms with van der Waals surface area (Å²) in [6, 6.07) is 17.4. The van der Waals surface area contributed by atoms with Crippen molar-refractivity contribution in [3.05, 3.63) is 54.6 Å². The molecule has 0 spiro atoms. The van der Waals surface area contributed by atoms with Gasteiger partial charge in [-0.15, -0.1) is 0 Å². The first-order valence-corrected chi connectivity index (χ1v) is 8.75. The lowest BCUT2D eigenvalue weighted by Crippen LogP contribution is -2.26. The van der Waals surface area contributed by atoms with Crippen LogP contribution in [-0.4, -0.2) is 36.3 Å². The van der Waals surface area contributed by atoms with Crippen molar-refractivity contribution in [2.45, 2.75) is 19.1 Å². The first kappa shape index (κ1) is 16.8. The van der Waals surface area contributed by atoms with Gasteiger partial charge in [-0.05, 0) is 18.6 Å². The van der Waals surface area contributed by atoms with Gasteiger partial charge in [0, 0.05) is 12.0 Å². The number of hydrogen-bond donors (Lipinski definition) is 0. The van der Waals surface area contributed by atoms with E-state index in [-0.39, 0.29) is 6.29 Å². The van der Waals surface area contributed by atoms with Crippen LogP contribution >= 0.6 is 0 Å². The topological polar surface area (TPSA) is 66.6 Å². The van der Waals surface area contributed by atoms with E-state index in [9.17, 15) is 0 Å². The molecule has 0 radical (unpaired) electrons. The van der Waals surface area contributed by atoms with Crippen molar-refractivity contribution >= 4 is 0 Å². The second kappa shape index (κ2) is 8.12. The maximum atomic E-state index is 5.92. The van der Waals surface area contributed by atoms with Gasteiger partial charge >= 0.3 is 0 Å². The largest absolute Gasteiger partial charge is 0.493 e. The Balaban J connectivity index is 1.46. The molecule has 0 bridgehead atoms. The lowest BCUT2D eigenvalue weighted by molar-refractivity contribution is -0.183. The van der Waals surface area contributed by atoms with Crippen LogP contribution in [0.25, 0.3) is 22.8 Å². The van der Waals surface area contributed by atoms with E-state index in [0.29, 0.717) is 30.5 Å². The quantitative estimate of drug-likeness (QED) is 0.669. The predicted molar refractivity (Wildman–Crippen MR) is 95.6 cm³/mol. The minimum absolute atomic E-state index is 0.191. The fourth-order valence-corrected chi connectivity index (χ4v) is 2.77. The summed E-state index contributed by atoms with van der Waals surface area (Å²) in [7, 11) is 0. The van der Waals surface area contributed by atoms with E-state index in [1.807, 2.05) is 54.6 Å². The highest BCUT2D eigenvalue weighted by Crippen LogP contribution is 2.30. The summed E-state index contributed by atoms with van der Waals surface area (Å²) in [5.74, 6) is 1.69. The van der Waals surface area contributed by atoms with Crippen molar-refractivity contribution in [1.29, 1.82) is 0 Å². The van der Waals surface area contributed by atoms with Crippen LogP contribution in [-0.2, 0) is 9.47 Å². The Morgan fingerprint density at radius 1 is 0.962 bits per heavy atom. The molecule has 1 aliphatic rings. The molecule has 4 rings (SSSR count). The zero-order valence-electron chi connectivity index (χ0n) is 14.3. The Morgan fingerprint density at radius 2 is 1.73 bits per heavy atom. The highest BCUT2D eigenvalue weighted by molar-refractivity contribution is 5.65. The van der Waals surface area contributed by atoms with Crippen molar-refractivity contribution in [1.82, 2.24) is 10.1 Å². The molecule has 134 valence electrons. The van der Waals surface area contributed by atoms with Gasteiger partial charge in [0.15, 0.2) is 6.29 Å². The highest BCUT2D eigenvalue weighted by atomic mass is 16.7. The van der Waals surface area contributed by atoms with Crippen LogP contribution in [0.2, 0.25) is 0 Å². The molecule has 0 aliphatic carbocycles. The van der Waals surface area contributed by atoms with Gasteiger partial charge in [-0.25, -0.2) is 0 Å². The van der Waals surface area contributed by atoms with Gasteiger partial charge in [0.1, 0.15) is 5.75 Å². The Kier molecular flexibility index (Phi) is 5.23. The summed E-state index contributed by atoms with van der Waals surface area (Å²) in [6.45, 7) is 1.97. The van der Waals surface area contributed by atoms with Crippen LogP contribution in [0, 0.1) is 0 Å². The van der Waals surface area contributed by atoms with Gasteiger partial charge in [-0.3, -0.25) is 0 Å². The number of para-hydroxylation sites is 1. The highest BCUT2D eigenvalue weighted by Gasteiger charge is 2.17. The molecule has 0 unspecified atom stereocenters. The fourth-order valence-electron chi connectivity index (χ4n) is 2.77. The summed E-state index contributed by atoms with van der Waals surface area (Å²) in [6.07, 6.45) is 1.43. The lowest BCUT2D eigenvalue weighted by atomic mass is 10.2. The number of hydrogen-bond acceptors (Lipinski definition) is 6. The molecule has 2 aromatic carbocycles. The molecule has 0 N–H and O–H groups in total. The predicted octanol–water partition coefficient (Wildman–Crippen LogP) is 3.94. The first-order chi connectivity index (χ1) is 12.9. The van der Waals surface area contributed by atoms with Crippen LogP contribution in [0.4, 0.5) is 0 Å². The molecule has 3 aromatic rings. The molecule has 0 amide bonds. The maximum absolute atomic E-state index is 5.92. The van der Waals surface area contributed by atoms with Gasteiger partial charge in [0.2, 0.25) is 5.82 Å². The second-order valence-corrected chi connectivity index (χ2v) is 5.95. The normalized spacial score (nSPS) is 15.1. The Hall–Kier alpha value is -2.70. The number of ether oxygens (including phenoxy) is 3. The standard InChI is InChI=1S/C20H20N2O4/c1-2-7-15(8-3-1)19-21-20(26-22-19)16-9-4-5-10-17(16)23-14-11-18-24-12-6-13-25-18/h1-5,7-10,18H,6,11-14H2. The van der Waals surface area contributed by atoms with E-state index in [1.165, 1.54) is 0 Å². The summed E-state index contributed by atoms with van der Waals surface area (Å²) in [5.41, 5.74) is 1.68. The Bertz CT molecular complexity index is 829. The van der Waals surface area contributed by atoms with Gasteiger partial charge < -0.3 is 18.7 Å². The summed E-state index contributed by atoms with van der Waals surface area (Å²) in [5, 5.41) is 4.08. The third-order valence-corrected chi connectivity index (χ3v) is 4.08. The van der Waals surface area contributed by atoms with Crippen LogP contribution < -0.4 is 4.74 Å². The smallest absolute Gasteiger partial charge is 0.262 e. The summed E-state index contributed by atoms with van der Waals surface area (Å²) >= 11 is 0. The molecule has 1 saturated heterocycles. The molecule has 6 heteroatoms. The lowest BCUT2D eigenvalue weighted by Gasteiger charge is -2.23. The molecular formula is C20H20N2O4. The maximum Gasteiger partial charge on any atom is 0.262 e. The number of nitrogens with zero attached hydrogens (tertiary/aromatic N) is 2. The minimum Gasteiger partial charge on any atom is -0.493 e. The molecule has 0 saturated carbocycles. The Morgan fingerprint density at radius 3 is 2.58 bits per heavy atom. The molecular weight excluding hydrogens is 332 g/mol. The number of rotatable bonds is 6. The van der Waals surface area contributed by atoms with E-state index in [2.05, 4.69) is 10.1 Å². The average Bonchev–Trinajstić information content (AvgIpc) is 3.20. The van der Waals surface area contributed by atoms with Crippen LogP contribution in [0.5, 0.6) is 5.75 Å². The number of aromatic nitrogens is 2. The van der Waals surface area contributed by atoms with Crippen molar-refractivity contribution in [2.75, 3.05) is 19.8 Å². The van der Waals surface area contributed by atoms with Gasteiger partial charge in [-0.1, -0.05) is 47.6 Å². The van der Waals surface area contributed by atoms with Gasteiger partial charge in [0.05, 0.1) is 25.4 Å². The molecule has 1 aromatic heterocycles. The molecule has 2 heterocycles. The zero-order valence-corrected chi connectivity index (χ0v) is 14.3. The zero-order chi connectivity index (χ0) is 17.6. The third kappa shape index (κ3) is 3.92. The number of benzene rings is 2. The summed E-state index contributed by atoms with van der Waals surface area (Å²) in [4.78, 5) is 4.50. The average molecular weight is 352 g/mol. The van der Waals surface area contributed by atoms with Crippen molar-refractivity contribution in [3.8, 4) is 28.6 Å². The summed E-state index contributed by atoms with van der Waals surface area (Å²) < 4.78 is 22.5. The van der Waals surface area contributed by atoms with Gasteiger partial charge in [0.25, 0.3) is 5.89 Å². The minimum atomic E-state index is -0.191. The molecule has 6 nitrogen and oxygen atoms in total. The monoisotopic (exact) mass is 352 g/mol. The van der Waals surface area contributed by atoms with E-state index in [0.717, 1.165) is 30.8 Å². The van der Waals surface area contributed by atoms with Crippen molar-refractivity contribution in [3.63, 3.8) is 0 Å². The van der Waals surface area contributed by atoms with Crippen molar-refractivity contribution in [2.24, 2.45) is 0 Å². The van der Waals surface area contributed by atoms with Gasteiger partial charge in [-0.2, -0.15) is 4.98 Å². The van der Waals surface area contributed by atoms with Crippen LogP contribution in [0.1, 0.15) is 12.8 Å². The first-order valence-electron chi connectivity index (χ1n) is 8.75. The SMILES string of the molecule is c1ccc(-c2noc(-c3ccccc3OCCC3OCCCO3)n2)cc1.